The topological polar surface area (TPSA) is 40.6 Å². The number of hydrogen-bond donors (Lipinski definition) is 0. The van der Waals surface area contributed by atoms with Gasteiger partial charge in [0.15, 0.2) is 4.87 Å². The van der Waals surface area contributed by atoms with Crippen LogP contribution in [0.25, 0.3) is 0 Å². The van der Waals surface area contributed by atoms with Crippen molar-refractivity contribution < 1.29 is 18.4 Å². The first kappa shape index (κ1) is 19.8. The summed E-state index contributed by atoms with van der Waals surface area (Å²) < 4.78 is 27.7. The summed E-state index contributed by atoms with van der Waals surface area (Å²) in [5.41, 5.74) is 2.15. The third-order valence-electron chi connectivity index (χ3n) is 5.70. The van der Waals surface area contributed by atoms with Crippen molar-refractivity contribution in [2.75, 3.05) is 17.2 Å². The Morgan fingerprint density at radius 3 is 2.45 bits per heavy atom. The average molecular weight is 436 g/mol. The van der Waals surface area contributed by atoms with Gasteiger partial charge >= 0.3 is 0 Å². The number of fused-ring (bicyclic) bond motifs is 2. The minimum Gasteiger partial charge on any atom is -0.311 e. The van der Waals surface area contributed by atoms with E-state index in [1.165, 1.54) is 47.0 Å². The monoisotopic (exact) mass is 436 g/mol. The van der Waals surface area contributed by atoms with E-state index in [2.05, 4.69) is 0 Å². The maximum Gasteiger partial charge on any atom is 0.268 e. The predicted molar refractivity (Wildman–Crippen MR) is 116 cm³/mol. The zero-order valence-corrected chi connectivity index (χ0v) is 17.2. The van der Waals surface area contributed by atoms with Gasteiger partial charge in [0.25, 0.3) is 11.8 Å². The lowest BCUT2D eigenvalue weighted by atomic mass is 10.0. The Bertz CT molecular complexity index is 1180. The zero-order chi connectivity index (χ0) is 21.6. The van der Waals surface area contributed by atoms with Gasteiger partial charge in [-0.3, -0.25) is 9.59 Å². The smallest absolute Gasteiger partial charge is 0.268 e. The summed E-state index contributed by atoms with van der Waals surface area (Å²) in [4.78, 5) is 29.1. The maximum absolute atomic E-state index is 14.4. The molecule has 2 aliphatic rings. The Hall–Kier alpha value is -3.19. The van der Waals surface area contributed by atoms with Crippen LogP contribution >= 0.6 is 11.8 Å². The quantitative estimate of drug-likeness (QED) is 0.605. The number of benzene rings is 3. The summed E-state index contributed by atoms with van der Waals surface area (Å²) in [6, 6.07) is 19.2. The molecule has 7 heteroatoms. The van der Waals surface area contributed by atoms with Crippen LogP contribution in [0.4, 0.5) is 14.5 Å². The van der Waals surface area contributed by atoms with Gasteiger partial charge in [-0.05, 0) is 35.9 Å². The fraction of sp³-hybridized carbons (Fsp3) is 0.167. The van der Waals surface area contributed by atoms with Crippen LogP contribution in [0.15, 0.2) is 72.8 Å². The van der Waals surface area contributed by atoms with Crippen molar-refractivity contribution in [2.45, 2.75) is 11.4 Å². The lowest BCUT2D eigenvalue weighted by molar-refractivity contribution is -0.123. The molecule has 0 radical (unpaired) electrons. The van der Waals surface area contributed by atoms with Crippen LogP contribution in [0.1, 0.15) is 21.5 Å². The third kappa shape index (κ3) is 3.03. The molecule has 3 aromatic rings. The molecule has 0 aliphatic carbocycles. The van der Waals surface area contributed by atoms with Gasteiger partial charge in [-0.2, -0.15) is 0 Å². The number of thioether (sulfide) groups is 1. The molecule has 1 fully saturated rings. The van der Waals surface area contributed by atoms with Crippen LogP contribution in [0.5, 0.6) is 0 Å². The summed E-state index contributed by atoms with van der Waals surface area (Å²) in [7, 11) is 0. The molecule has 156 valence electrons. The molecule has 2 heterocycles. The van der Waals surface area contributed by atoms with Crippen molar-refractivity contribution in [1.29, 1.82) is 0 Å². The number of carbonyl (C=O) groups excluding carboxylic acids is 2. The standard InChI is InChI=1S/C24H18F2N2O2S/c25-17-11-9-16(10-12-17)15-27-21-8-4-2-6-19(21)24(23(27)30)28(13-14-31-24)22(29)18-5-1-3-7-20(18)26/h1-12H,13-15H2/t24-/m1/s1. The number of rotatable bonds is 3. The normalized spacial score (nSPS) is 19.9. The van der Waals surface area contributed by atoms with E-state index in [-0.39, 0.29) is 23.8 Å². The van der Waals surface area contributed by atoms with Gasteiger partial charge in [0.1, 0.15) is 11.6 Å². The van der Waals surface area contributed by atoms with E-state index < -0.39 is 16.6 Å². The predicted octanol–water partition coefficient (Wildman–Crippen LogP) is 4.55. The molecule has 1 saturated heterocycles. The van der Waals surface area contributed by atoms with E-state index >= 15 is 0 Å². The molecule has 1 atom stereocenters. The number of hydrogen-bond acceptors (Lipinski definition) is 3. The lowest BCUT2D eigenvalue weighted by Crippen LogP contribution is -2.50. The highest BCUT2D eigenvalue weighted by Crippen LogP contribution is 2.54. The summed E-state index contributed by atoms with van der Waals surface area (Å²) >= 11 is 1.39. The van der Waals surface area contributed by atoms with Crippen LogP contribution in [0.3, 0.4) is 0 Å². The molecule has 0 saturated carbocycles. The fourth-order valence-electron chi connectivity index (χ4n) is 4.28. The van der Waals surface area contributed by atoms with Gasteiger partial charge in [-0.25, -0.2) is 8.78 Å². The molecule has 2 aliphatic heterocycles. The first-order valence-corrected chi connectivity index (χ1v) is 10.9. The minimum atomic E-state index is -1.24. The number of halogens is 2. The third-order valence-corrected chi connectivity index (χ3v) is 7.12. The highest BCUT2D eigenvalue weighted by Gasteiger charge is 2.59. The van der Waals surface area contributed by atoms with Crippen molar-refractivity contribution in [2.24, 2.45) is 0 Å². The van der Waals surface area contributed by atoms with Gasteiger partial charge in [0.2, 0.25) is 0 Å². The van der Waals surface area contributed by atoms with Crippen molar-refractivity contribution in [3.05, 3.63) is 101 Å². The number of nitrogens with zero attached hydrogens (tertiary/aromatic N) is 2. The first-order valence-electron chi connectivity index (χ1n) is 9.89. The molecule has 5 rings (SSSR count). The fourth-order valence-corrected chi connectivity index (χ4v) is 5.74. The van der Waals surface area contributed by atoms with Gasteiger partial charge < -0.3 is 9.80 Å². The number of para-hydroxylation sites is 1. The largest absolute Gasteiger partial charge is 0.311 e. The highest BCUT2D eigenvalue weighted by molar-refractivity contribution is 8.01. The first-order chi connectivity index (χ1) is 15.0. The van der Waals surface area contributed by atoms with E-state index in [1.807, 2.05) is 24.3 Å². The van der Waals surface area contributed by atoms with Gasteiger partial charge in [0.05, 0.1) is 17.8 Å². The molecule has 1 spiro atoms. The average Bonchev–Trinajstić information content (AvgIpc) is 3.32. The Labute approximate surface area is 182 Å². The van der Waals surface area contributed by atoms with E-state index in [0.717, 1.165) is 5.56 Å². The molecule has 0 unspecified atom stereocenters. The maximum atomic E-state index is 14.4. The van der Waals surface area contributed by atoms with Crippen LogP contribution in [0, 0.1) is 11.6 Å². The molecule has 0 N–H and O–H groups in total. The van der Waals surface area contributed by atoms with Gasteiger partial charge in [0, 0.05) is 17.9 Å². The summed E-state index contributed by atoms with van der Waals surface area (Å²) in [6.45, 7) is 0.586. The molecular formula is C24H18F2N2O2S. The molecule has 4 nitrogen and oxygen atoms in total. The Kier molecular flexibility index (Phi) is 4.78. The van der Waals surface area contributed by atoms with E-state index in [4.69, 9.17) is 0 Å². The molecule has 0 aromatic heterocycles. The lowest BCUT2D eigenvalue weighted by Gasteiger charge is -2.33. The Balaban J connectivity index is 1.58. The van der Waals surface area contributed by atoms with Crippen LogP contribution in [-0.2, 0) is 16.2 Å². The van der Waals surface area contributed by atoms with Crippen molar-refractivity contribution in [1.82, 2.24) is 4.90 Å². The van der Waals surface area contributed by atoms with E-state index in [9.17, 15) is 18.4 Å². The second kappa shape index (κ2) is 7.50. The highest BCUT2D eigenvalue weighted by atomic mass is 32.2. The van der Waals surface area contributed by atoms with Crippen LogP contribution < -0.4 is 4.90 Å². The SMILES string of the molecule is O=C(c1ccccc1F)N1CCS[C@]12C(=O)N(Cc1ccc(F)cc1)c1ccccc12. The molecular weight excluding hydrogens is 418 g/mol. The van der Waals surface area contributed by atoms with Crippen molar-refractivity contribution >= 4 is 29.3 Å². The molecule has 31 heavy (non-hydrogen) atoms. The zero-order valence-electron chi connectivity index (χ0n) is 16.4. The summed E-state index contributed by atoms with van der Waals surface area (Å²) in [5.74, 6) is -1.15. The molecule has 3 aromatic carbocycles. The second-order valence-corrected chi connectivity index (χ2v) is 8.75. The Morgan fingerprint density at radius 2 is 1.68 bits per heavy atom. The minimum absolute atomic E-state index is 0.0494. The summed E-state index contributed by atoms with van der Waals surface area (Å²) in [5, 5.41) is 0. The van der Waals surface area contributed by atoms with E-state index in [0.29, 0.717) is 23.5 Å². The van der Waals surface area contributed by atoms with E-state index in [1.54, 1.807) is 23.1 Å². The number of anilines is 1. The van der Waals surface area contributed by atoms with Gasteiger partial charge in [-0.15, -0.1) is 11.8 Å². The van der Waals surface area contributed by atoms with Crippen molar-refractivity contribution in [3.63, 3.8) is 0 Å². The molecule has 0 bridgehead atoms. The summed E-state index contributed by atoms with van der Waals surface area (Å²) in [6.07, 6.45) is 0. The Morgan fingerprint density at radius 1 is 0.968 bits per heavy atom. The number of carbonyl (C=O) groups is 2. The number of amides is 2. The van der Waals surface area contributed by atoms with Crippen LogP contribution in [0.2, 0.25) is 0 Å². The molecule has 2 amide bonds. The van der Waals surface area contributed by atoms with Crippen LogP contribution in [-0.4, -0.2) is 29.0 Å². The van der Waals surface area contributed by atoms with Gasteiger partial charge in [-0.1, -0.05) is 42.5 Å². The van der Waals surface area contributed by atoms with Crippen molar-refractivity contribution in [3.8, 4) is 0 Å². The second-order valence-electron chi connectivity index (χ2n) is 7.46.